The van der Waals surface area contributed by atoms with Gasteiger partial charge in [-0.25, -0.2) is 0 Å². The van der Waals surface area contributed by atoms with Crippen molar-refractivity contribution < 1.29 is 19.7 Å². The van der Waals surface area contributed by atoms with Gasteiger partial charge in [-0.2, -0.15) is 0 Å². The zero-order valence-electron chi connectivity index (χ0n) is 13.8. The summed E-state index contributed by atoms with van der Waals surface area (Å²) in [6.07, 6.45) is -0.0335. The van der Waals surface area contributed by atoms with Gasteiger partial charge in [-0.1, -0.05) is 54.6 Å². The Balaban J connectivity index is 2.02. The molecule has 25 heavy (non-hydrogen) atoms. The van der Waals surface area contributed by atoms with Crippen LogP contribution < -0.4 is 0 Å². The topological polar surface area (TPSA) is 66.8 Å². The molecule has 0 aromatic heterocycles. The number of hydrogen-bond acceptors (Lipinski definition) is 4. The van der Waals surface area contributed by atoms with Gasteiger partial charge in [0, 0.05) is 11.6 Å². The van der Waals surface area contributed by atoms with E-state index in [9.17, 15) is 15.0 Å². The van der Waals surface area contributed by atoms with Crippen molar-refractivity contribution >= 4 is 5.97 Å². The second-order valence-electron chi connectivity index (χ2n) is 5.70. The number of carbonyl (C=O) groups is 1. The zero-order valence-corrected chi connectivity index (χ0v) is 13.8. The molecular formula is C21H18O4. The highest BCUT2D eigenvalue weighted by molar-refractivity contribution is 5.82. The Labute approximate surface area is 146 Å². The molecule has 0 radical (unpaired) electrons. The van der Waals surface area contributed by atoms with Crippen LogP contribution in [0.3, 0.4) is 0 Å². The smallest absolute Gasteiger partial charge is 0.310 e. The van der Waals surface area contributed by atoms with Gasteiger partial charge in [0.2, 0.25) is 0 Å². The standard InChI is InChI=1S/C21H18O4/c1-25-20(24)12-17-11-18(22)13-19(23)21(17)16-9-7-15(8-10-16)14-5-3-2-4-6-14/h2-11,13,22-23H,12H2,1H3. The molecule has 0 bridgehead atoms. The summed E-state index contributed by atoms with van der Waals surface area (Å²) in [5, 5.41) is 20.0. The number of carbonyl (C=O) groups excluding carboxylic acids is 1. The van der Waals surface area contributed by atoms with Crippen molar-refractivity contribution in [2.45, 2.75) is 6.42 Å². The Bertz CT molecular complexity index is 884. The first kappa shape index (κ1) is 16.6. The van der Waals surface area contributed by atoms with Crippen LogP contribution >= 0.6 is 0 Å². The first-order chi connectivity index (χ1) is 12.1. The molecule has 0 heterocycles. The fourth-order valence-corrected chi connectivity index (χ4v) is 2.83. The number of aromatic hydroxyl groups is 2. The summed E-state index contributed by atoms with van der Waals surface area (Å²) in [5.74, 6) is -0.612. The maximum atomic E-state index is 11.6. The maximum absolute atomic E-state index is 11.6. The van der Waals surface area contributed by atoms with Crippen molar-refractivity contribution in [3.8, 4) is 33.8 Å². The van der Waals surface area contributed by atoms with Crippen molar-refractivity contribution in [1.82, 2.24) is 0 Å². The summed E-state index contributed by atoms with van der Waals surface area (Å²) in [6.45, 7) is 0. The molecule has 3 aromatic carbocycles. The van der Waals surface area contributed by atoms with E-state index >= 15 is 0 Å². The molecule has 0 fully saturated rings. The molecule has 0 amide bonds. The van der Waals surface area contributed by atoms with Crippen LogP contribution in [0.25, 0.3) is 22.3 Å². The number of rotatable bonds is 4. The third-order valence-electron chi connectivity index (χ3n) is 4.03. The predicted octanol–water partition coefficient (Wildman–Crippen LogP) is 4.15. The summed E-state index contributed by atoms with van der Waals surface area (Å²) >= 11 is 0. The van der Waals surface area contributed by atoms with Crippen molar-refractivity contribution in [2.75, 3.05) is 7.11 Å². The van der Waals surface area contributed by atoms with Gasteiger partial charge in [-0.15, -0.1) is 0 Å². The van der Waals surface area contributed by atoms with Crippen molar-refractivity contribution in [1.29, 1.82) is 0 Å². The number of phenols is 2. The number of hydrogen-bond donors (Lipinski definition) is 2. The van der Waals surface area contributed by atoms with E-state index in [2.05, 4.69) is 0 Å². The average molecular weight is 334 g/mol. The quantitative estimate of drug-likeness (QED) is 0.704. The highest BCUT2D eigenvalue weighted by atomic mass is 16.5. The van der Waals surface area contributed by atoms with Crippen LogP contribution in [-0.2, 0) is 16.0 Å². The van der Waals surface area contributed by atoms with Gasteiger partial charge in [0.1, 0.15) is 11.5 Å². The van der Waals surface area contributed by atoms with E-state index < -0.39 is 5.97 Å². The van der Waals surface area contributed by atoms with Crippen molar-refractivity contribution in [2.24, 2.45) is 0 Å². The van der Waals surface area contributed by atoms with E-state index in [0.29, 0.717) is 11.1 Å². The van der Waals surface area contributed by atoms with E-state index in [-0.39, 0.29) is 17.9 Å². The third-order valence-corrected chi connectivity index (χ3v) is 4.03. The summed E-state index contributed by atoms with van der Waals surface area (Å²) < 4.78 is 4.70. The van der Waals surface area contributed by atoms with Crippen LogP contribution in [0.5, 0.6) is 11.5 Å². The molecule has 0 spiro atoms. The van der Waals surface area contributed by atoms with Crippen LogP contribution in [0.4, 0.5) is 0 Å². The second-order valence-corrected chi connectivity index (χ2v) is 5.70. The molecule has 126 valence electrons. The minimum atomic E-state index is -0.438. The molecule has 0 unspecified atom stereocenters. The lowest BCUT2D eigenvalue weighted by Gasteiger charge is -2.13. The molecule has 3 aromatic rings. The minimum Gasteiger partial charge on any atom is -0.508 e. The van der Waals surface area contributed by atoms with E-state index in [1.165, 1.54) is 19.2 Å². The fourth-order valence-electron chi connectivity index (χ4n) is 2.83. The molecule has 0 saturated carbocycles. The van der Waals surface area contributed by atoms with E-state index in [0.717, 1.165) is 16.7 Å². The Morgan fingerprint density at radius 2 is 1.48 bits per heavy atom. The van der Waals surface area contributed by atoms with E-state index in [4.69, 9.17) is 4.74 Å². The van der Waals surface area contributed by atoms with Gasteiger partial charge in [0.15, 0.2) is 0 Å². The lowest BCUT2D eigenvalue weighted by Crippen LogP contribution is -2.05. The molecule has 2 N–H and O–H groups in total. The SMILES string of the molecule is COC(=O)Cc1cc(O)cc(O)c1-c1ccc(-c2ccccc2)cc1. The molecular weight excluding hydrogens is 316 g/mol. The number of esters is 1. The van der Waals surface area contributed by atoms with Gasteiger partial charge >= 0.3 is 5.97 Å². The summed E-state index contributed by atoms with van der Waals surface area (Å²) in [5.41, 5.74) is 3.94. The summed E-state index contributed by atoms with van der Waals surface area (Å²) in [7, 11) is 1.30. The first-order valence-electron chi connectivity index (χ1n) is 7.86. The average Bonchev–Trinajstić information content (AvgIpc) is 2.62. The number of methoxy groups -OCH3 is 1. The molecule has 4 nitrogen and oxygen atoms in total. The van der Waals surface area contributed by atoms with Gasteiger partial charge in [0.25, 0.3) is 0 Å². The normalized spacial score (nSPS) is 10.4. The number of phenolic OH excluding ortho intramolecular Hbond substituents is 2. The fraction of sp³-hybridized carbons (Fsp3) is 0.0952. The molecule has 0 saturated heterocycles. The molecule has 0 aliphatic heterocycles. The largest absolute Gasteiger partial charge is 0.508 e. The van der Waals surface area contributed by atoms with Gasteiger partial charge < -0.3 is 14.9 Å². The highest BCUT2D eigenvalue weighted by Crippen LogP contribution is 2.37. The Morgan fingerprint density at radius 1 is 0.880 bits per heavy atom. The minimum absolute atomic E-state index is 0.0335. The van der Waals surface area contributed by atoms with Gasteiger partial charge in [-0.3, -0.25) is 4.79 Å². The molecule has 0 atom stereocenters. The van der Waals surface area contributed by atoms with E-state index in [1.807, 2.05) is 54.6 Å². The Hall–Kier alpha value is -3.27. The molecule has 4 heteroatoms. The Kier molecular flexibility index (Phi) is 4.70. The van der Waals surface area contributed by atoms with Crippen LogP contribution in [0, 0.1) is 0 Å². The maximum Gasteiger partial charge on any atom is 0.310 e. The number of ether oxygens (including phenoxy) is 1. The Morgan fingerprint density at radius 3 is 2.12 bits per heavy atom. The van der Waals surface area contributed by atoms with Gasteiger partial charge in [-0.05, 0) is 28.3 Å². The second kappa shape index (κ2) is 7.09. The van der Waals surface area contributed by atoms with Crippen LogP contribution in [0.1, 0.15) is 5.56 Å². The zero-order chi connectivity index (χ0) is 17.8. The van der Waals surface area contributed by atoms with Gasteiger partial charge in [0.05, 0.1) is 13.5 Å². The van der Waals surface area contributed by atoms with Crippen LogP contribution in [0.2, 0.25) is 0 Å². The number of benzene rings is 3. The molecule has 0 aliphatic carbocycles. The van der Waals surface area contributed by atoms with Crippen LogP contribution in [0.15, 0.2) is 66.7 Å². The first-order valence-corrected chi connectivity index (χ1v) is 7.86. The monoisotopic (exact) mass is 334 g/mol. The summed E-state index contributed by atoms with van der Waals surface area (Å²) in [4.78, 5) is 11.6. The van der Waals surface area contributed by atoms with Crippen molar-refractivity contribution in [3.05, 3.63) is 72.3 Å². The summed E-state index contributed by atoms with van der Waals surface area (Å²) in [6, 6.07) is 20.4. The third kappa shape index (κ3) is 3.63. The predicted molar refractivity (Wildman–Crippen MR) is 96.4 cm³/mol. The molecule has 0 aliphatic rings. The van der Waals surface area contributed by atoms with E-state index in [1.54, 1.807) is 0 Å². The highest BCUT2D eigenvalue weighted by Gasteiger charge is 2.16. The lowest BCUT2D eigenvalue weighted by molar-refractivity contribution is -0.139. The van der Waals surface area contributed by atoms with Crippen molar-refractivity contribution in [3.63, 3.8) is 0 Å². The molecule has 3 rings (SSSR count). The lowest BCUT2D eigenvalue weighted by atomic mass is 9.94. The van der Waals surface area contributed by atoms with Crippen LogP contribution in [-0.4, -0.2) is 23.3 Å².